The summed E-state index contributed by atoms with van der Waals surface area (Å²) in [6, 6.07) is 3.80. The fourth-order valence-electron chi connectivity index (χ4n) is 2.41. The molecule has 0 radical (unpaired) electrons. The molecule has 1 N–H and O–H groups in total. The predicted octanol–water partition coefficient (Wildman–Crippen LogP) is 7.09. The number of benzene rings is 2. The molecule has 0 aliphatic carbocycles. The summed E-state index contributed by atoms with van der Waals surface area (Å²) < 4.78 is 94.9. The molecule has 0 saturated carbocycles. The lowest BCUT2D eigenvalue weighted by Crippen LogP contribution is -2.19. The van der Waals surface area contributed by atoms with Gasteiger partial charge in [-0.3, -0.25) is 0 Å². The van der Waals surface area contributed by atoms with E-state index >= 15 is 0 Å². The topological polar surface area (TPSA) is 46.5 Å². The van der Waals surface area contributed by atoms with Crippen molar-refractivity contribution in [2.24, 2.45) is 0 Å². The summed E-state index contributed by atoms with van der Waals surface area (Å²) >= 11 is 11.3. The van der Waals surface area contributed by atoms with E-state index in [9.17, 15) is 35.5 Å². The Morgan fingerprint density at radius 2 is 1.67 bits per heavy atom. The van der Waals surface area contributed by atoms with Gasteiger partial charge in [-0.15, -0.1) is 13.2 Å². The first-order chi connectivity index (χ1) is 13.7. The monoisotopic (exact) mass is 476 g/mol. The number of ether oxygens (including phenoxy) is 1. The van der Waals surface area contributed by atoms with Crippen molar-refractivity contribution in [2.75, 3.05) is 0 Å². The van der Waals surface area contributed by atoms with Gasteiger partial charge in [0, 0.05) is 0 Å². The molecule has 1 unspecified atom stereocenters. The Bertz CT molecular complexity index is 985. The average Bonchev–Trinajstić information content (AvgIpc) is 2.59. The van der Waals surface area contributed by atoms with E-state index in [1.165, 1.54) is 0 Å². The highest BCUT2D eigenvalue weighted by Crippen LogP contribution is 2.42. The number of carboxylic acids is 1. The molecule has 30 heavy (non-hydrogen) atoms. The molecule has 0 aromatic heterocycles. The molecule has 0 bridgehead atoms. The molecule has 12 heteroatoms. The lowest BCUT2D eigenvalue weighted by atomic mass is 9.96. The zero-order chi connectivity index (χ0) is 22.9. The van der Waals surface area contributed by atoms with E-state index in [1.807, 2.05) is 0 Å². The third kappa shape index (κ3) is 5.79. The Morgan fingerprint density at radius 3 is 2.20 bits per heavy atom. The number of allylic oxidation sites excluding steroid dienone is 1. The van der Waals surface area contributed by atoms with Gasteiger partial charge in [-0.1, -0.05) is 47.5 Å². The van der Waals surface area contributed by atoms with Gasteiger partial charge in [-0.25, -0.2) is 9.18 Å². The van der Waals surface area contributed by atoms with Crippen LogP contribution in [0.5, 0.6) is 5.75 Å². The summed E-state index contributed by atoms with van der Waals surface area (Å²) in [5.74, 6) is -6.25. The molecule has 0 spiro atoms. The summed E-state index contributed by atoms with van der Waals surface area (Å²) in [7, 11) is 0. The SMILES string of the molecule is O=C(O)c1ccc(/C=C/C(c2ccc(F)c(Cl)c2Cl)C(F)(F)F)cc1OC(F)(F)F. The first-order valence-corrected chi connectivity index (χ1v) is 8.47. The summed E-state index contributed by atoms with van der Waals surface area (Å²) in [5.41, 5.74) is -1.65. The fourth-order valence-corrected chi connectivity index (χ4v) is 2.85. The highest BCUT2D eigenvalue weighted by molar-refractivity contribution is 6.42. The van der Waals surface area contributed by atoms with E-state index in [2.05, 4.69) is 4.74 Å². The van der Waals surface area contributed by atoms with Crippen LogP contribution in [-0.2, 0) is 0 Å². The largest absolute Gasteiger partial charge is 0.573 e. The molecule has 3 nitrogen and oxygen atoms in total. The van der Waals surface area contributed by atoms with Gasteiger partial charge in [0.25, 0.3) is 0 Å². The second-order valence-electron chi connectivity index (χ2n) is 5.75. The normalized spacial score (nSPS) is 13.5. The van der Waals surface area contributed by atoms with Crippen molar-refractivity contribution >= 4 is 35.2 Å². The van der Waals surface area contributed by atoms with Crippen LogP contribution < -0.4 is 4.74 Å². The zero-order valence-corrected chi connectivity index (χ0v) is 15.8. The van der Waals surface area contributed by atoms with Gasteiger partial charge < -0.3 is 9.84 Å². The highest BCUT2D eigenvalue weighted by Gasteiger charge is 2.40. The van der Waals surface area contributed by atoms with E-state index < -0.39 is 57.2 Å². The smallest absolute Gasteiger partial charge is 0.478 e. The van der Waals surface area contributed by atoms with E-state index in [4.69, 9.17) is 28.3 Å². The number of rotatable bonds is 5. The Morgan fingerprint density at radius 1 is 1.03 bits per heavy atom. The molecule has 0 saturated heterocycles. The number of aromatic carboxylic acids is 1. The van der Waals surface area contributed by atoms with Gasteiger partial charge in [0.05, 0.1) is 16.0 Å². The minimum absolute atomic E-state index is 0.224. The highest BCUT2D eigenvalue weighted by atomic mass is 35.5. The van der Waals surface area contributed by atoms with Gasteiger partial charge in [0.2, 0.25) is 0 Å². The second-order valence-corrected chi connectivity index (χ2v) is 6.51. The molecule has 2 rings (SSSR count). The molecule has 1 atom stereocenters. The fraction of sp³-hybridized carbons (Fsp3) is 0.167. The Hall–Kier alpha value is -2.46. The average molecular weight is 477 g/mol. The van der Waals surface area contributed by atoms with Crippen molar-refractivity contribution in [1.29, 1.82) is 0 Å². The van der Waals surface area contributed by atoms with Crippen LogP contribution in [0.3, 0.4) is 0 Å². The molecule has 0 aliphatic heterocycles. The molecule has 0 amide bonds. The van der Waals surface area contributed by atoms with Crippen molar-refractivity contribution in [3.05, 3.63) is 69.0 Å². The van der Waals surface area contributed by atoms with Crippen molar-refractivity contribution in [2.45, 2.75) is 18.5 Å². The molecule has 162 valence electrons. The third-order valence-corrected chi connectivity index (χ3v) is 4.57. The van der Waals surface area contributed by atoms with Crippen LogP contribution in [0.4, 0.5) is 30.7 Å². The van der Waals surface area contributed by atoms with Crippen LogP contribution in [0.1, 0.15) is 27.4 Å². The standard InChI is InChI=1S/C18H9Cl2F7O3/c19-14-9(4-6-12(21)15(14)20)11(17(22,23)24)5-2-8-1-3-10(16(28)29)13(7-8)30-18(25,26)27/h1-7,11H,(H,28,29)/b5-2+. The van der Waals surface area contributed by atoms with Crippen molar-refractivity contribution < 1.29 is 45.4 Å². The summed E-state index contributed by atoms with van der Waals surface area (Å²) in [5, 5.41) is 7.54. The van der Waals surface area contributed by atoms with E-state index in [0.29, 0.717) is 18.2 Å². The molecule has 0 fully saturated rings. The number of hydrogen-bond acceptors (Lipinski definition) is 2. The zero-order valence-electron chi connectivity index (χ0n) is 14.3. The van der Waals surface area contributed by atoms with Crippen LogP contribution in [0.15, 0.2) is 36.4 Å². The second kappa shape index (κ2) is 8.73. The van der Waals surface area contributed by atoms with Gasteiger partial charge in [0.1, 0.15) is 17.1 Å². The lowest BCUT2D eigenvalue weighted by molar-refractivity contribution is -0.274. The van der Waals surface area contributed by atoms with E-state index in [1.54, 1.807) is 0 Å². The summed E-state index contributed by atoms with van der Waals surface area (Å²) in [4.78, 5) is 11.0. The van der Waals surface area contributed by atoms with Crippen LogP contribution in [0.25, 0.3) is 6.08 Å². The maximum atomic E-state index is 13.5. The maximum Gasteiger partial charge on any atom is 0.573 e. The van der Waals surface area contributed by atoms with Crippen molar-refractivity contribution in [3.63, 3.8) is 0 Å². The van der Waals surface area contributed by atoms with E-state index in [-0.39, 0.29) is 5.56 Å². The maximum absolute atomic E-state index is 13.5. The van der Waals surface area contributed by atoms with Crippen LogP contribution in [0, 0.1) is 5.82 Å². The van der Waals surface area contributed by atoms with Gasteiger partial charge in [-0.2, -0.15) is 13.2 Å². The number of carbonyl (C=O) groups is 1. The Labute approximate surface area is 174 Å². The molecule has 0 aliphatic rings. The number of alkyl halides is 6. The summed E-state index contributed by atoms with van der Waals surface area (Å²) in [6.07, 6.45) is -8.78. The first kappa shape index (κ1) is 23.8. The Balaban J connectivity index is 2.49. The molecule has 0 heterocycles. The lowest BCUT2D eigenvalue weighted by Gasteiger charge is -2.19. The third-order valence-electron chi connectivity index (χ3n) is 3.70. The minimum Gasteiger partial charge on any atom is -0.478 e. The predicted molar refractivity (Wildman–Crippen MR) is 94.3 cm³/mol. The summed E-state index contributed by atoms with van der Waals surface area (Å²) in [6.45, 7) is 0. The van der Waals surface area contributed by atoms with Crippen molar-refractivity contribution in [1.82, 2.24) is 0 Å². The molecule has 2 aromatic carbocycles. The van der Waals surface area contributed by atoms with Crippen LogP contribution in [-0.4, -0.2) is 23.6 Å². The molecule has 2 aromatic rings. The van der Waals surface area contributed by atoms with Gasteiger partial charge in [0.15, 0.2) is 0 Å². The minimum atomic E-state index is -5.22. The Kier molecular flexibility index (Phi) is 6.93. The van der Waals surface area contributed by atoms with E-state index in [0.717, 1.165) is 24.3 Å². The van der Waals surface area contributed by atoms with Crippen LogP contribution in [0.2, 0.25) is 10.0 Å². The number of carboxylic acid groups (broad SMARTS) is 1. The number of hydrogen-bond donors (Lipinski definition) is 1. The van der Waals surface area contributed by atoms with Gasteiger partial charge >= 0.3 is 18.5 Å². The molecular weight excluding hydrogens is 468 g/mol. The van der Waals surface area contributed by atoms with Crippen LogP contribution >= 0.6 is 23.2 Å². The van der Waals surface area contributed by atoms with Gasteiger partial charge in [-0.05, 0) is 29.3 Å². The quantitative estimate of drug-likeness (QED) is 0.370. The molecular formula is C18H9Cl2F7O3. The van der Waals surface area contributed by atoms with Crippen molar-refractivity contribution in [3.8, 4) is 5.75 Å². The number of halogens is 9. The first-order valence-electron chi connectivity index (χ1n) is 7.72.